The number of carbonyl (C=O) groups excluding carboxylic acids is 1. The molecule has 0 radical (unpaired) electrons. The summed E-state index contributed by atoms with van der Waals surface area (Å²) in [7, 11) is 0. The summed E-state index contributed by atoms with van der Waals surface area (Å²) < 4.78 is 6.09. The Morgan fingerprint density at radius 3 is 2.71 bits per heavy atom. The van der Waals surface area contributed by atoms with Gasteiger partial charge in [0.1, 0.15) is 11.4 Å². The molecule has 2 aromatic rings. The molecule has 0 saturated carbocycles. The maximum absolute atomic E-state index is 12.4. The molecule has 1 aliphatic heterocycles. The molecule has 3 rings (SSSR count). The predicted octanol–water partition coefficient (Wildman–Crippen LogP) is 4.35. The van der Waals surface area contributed by atoms with Crippen molar-refractivity contribution >= 4 is 5.91 Å². The van der Waals surface area contributed by atoms with Crippen molar-refractivity contribution in [2.24, 2.45) is 0 Å². The molecule has 1 heterocycles. The number of hydrogen-bond acceptors (Lipinski definition) is 2. The first kappa shape index (κ1) is 16.6. The zero-order chi connectivity index (χ0) is 17.2. The smallest absolute Gasteiger partial charge is 0.220 e. The molecule has 24 heavy (non-hydrogen) atoms. The van der Waals surface area contributed by atoms with E-state index < -0.39 is 0 Å². The van der Waals surface area contributed by atoms with Crippen LogP contribution in [0.2, 0.25) is 0 Å². The lowest BCUT2D eigenvalue weighted by molar-refractivity contribution is -0.122. The second-order valence-corrected chi connectivity index (χ2v) is 7.21. The van der Waals surface area contributed by atoms with Crippen LogP contribution in [0.25, 0.3) is 0 Å². The standard InChI is InChI=1S/C21H25NO2/c1-15-9-11-17-18(14-21(2,3)24-19(17)13-15)22-20(23)12-10-16-7-5-4-6-8-16/h4-9,11,13,18H,10,12,14H2,1-3H3,(H,22,23). The minimum atomic E-state index is -0.280. The van der Waals surface area contributed by atoms with Crippen LogP contribution in [0.1, 0.15) is 49.4 Å². The third kappa shape index (κ3) is 3.97. The van der Waals surface area contributed by atoms with Gasteiger partial charge in [0, 0.05) is 18.4 Å². The second-order valence-electron chi connectivity index (χ2n) is 7.21. The summed E-state index contributed by atoms with van der Waals surface area (Å²) in [5, 5.41) is 3.20. The number of rotatable bonds is 4. The molecule has 0 spiro atoms. The van der Waals surface area contributed by atoms with Gasteiger partial charge in [0.05, 0.1) is 6.04 Å². The van der Waals surface area contributed by atoms with E-state index in [4.69, 9.17) is 4.74 Å². The third-order valence-corrected chi connectivity index (χ3v) is 4.45. The van der Waals surface area contributed by atoms with Gasteiger partial charge >= 0.3 is 0 Å². The van der Waals surface area contributed by atoms with E-state index in [1.165, 1.54) is 11.1 Å². The molecular weight excluding hydrogens is 298 g/mol. The molecule has 0 saturated heterocycles. The number of ether oxygens (including phenoxy) is 1. The first-order chi connectivity index (χ1) is 11.4. The summed E-state index contributed by atoms with van der Waals surface area (Å²) in [6, 6.07) is 16.3. The van der Waals surface area contributed by atoms with Gasteiger partial charge < -0.3 is 10.1 Å². The van der Waals surface area contributed by atoms with E-state index in [-0.39, 0.29) is 17.6 Å². The normalized spacial score (nSPS) is 18.4. The van der Waals surface area contributed by atoms with Crippen LogP contribution in [0.5, 0.6) is 5.75 Å². The number of carbonyl (C=O) groups is 1. The van der Waals surface area contributed by atoms with Crippen molar-refractivity contribution in [1.82, 2.24) is 5.32 Å². The van der Waals surface area contributed by atoms with Crippen LogP contribution in [-0.2, 0) is 11.2 Å². The first-order valence-electron chi connectivity index (χ1n) is 8.56. The molecule has 0 bridgehead atoms. The summed E-state index contributed by atoms with van der Waals surface area (Å²) in [6.07, 6.45) is 2.04. The highest BCUT2D eigenvalue weighted by atomic mass is 16.5. The molecule has 126 valence electrons. The van der Waals surface area contributed by atoms with Gasteiger partial charge in [0.2, 0.25) is 5.91 Å². The van der Waals surface area contributed by atoms with Gasteiger partial charge in [-0.1, -0.05) is 42.5 Å². The van der Waals surface area contributed by atoms with E-state index in [2.05, 4.69) is 56.4 Å². The molecule has 1 unspecified atom stereocenters. The van der Waals surface area contributed by atoms with Crippen molar-refractivity contribution in [3.8, 4) is 5.75 Å². The number of nitrogens with one attached hydrogen (secondary N) is 1. The number of fused-ring (bicyclic) bond motifs is 1. The zero-order valence-electron chi connectivity index (χ0n) is 14.6. The fourth-order valence-electron chi connectivity index (χ4n) is 3.26. The van der Waals surface area contributed by atoms with Crippen molar-refractivity contribution < 1.29 is 9.53 Å². The Morgan fingerprint density at radius 1 is 1.21 bits per heavy atom. The van der Waals surface area contributed by atoms with Crippen molar-refractivity contribution in [2.75, 3.05) is 0 Å². The number of aryl methyl sites for hydroxylation is 2. The van der Waals surface area contributed by atoms with Crippen LogP contribution in [-0.4, -0.2) is 11.5 Å². The average molecular weight is 323 g/mol. The topological polar surface area (TPSA) is 38.3 Å². The minimum Gasteiger partial charge on any atom is -0.487 e. The molecule has 1 N–H and O–H groups in total. The van der Waals surface area contributed by atoms with Gasteiger partial charge in [-0.25, -0.2) is 0 Å². The summed E-state index contributed by atoms with van der Waals surface area (Å²) in [5.74, 6) is 0.979. The fourth-order valence-corrected chi connectivity index (χ4v) is 3.26. The first-order valence-corrected chi connectivity index (χ1v) is 8.56. The van der Waals surface area contributed by atoms with Gasteiger partial charge in [0.15, 0.2) is 0 Å². The fraction of sp³-hybridized carbons (Fsp3) is 0.381. The number of hydrogen-bond donors (Lipinski definition) is 1. The van der Waals surface area contributed by atoms with Gasteiger partial charge in [-0.05, 0) is 44.4 Å². The van der Waals surface area contributed by atoms with E-state index in [1.54, 1.807) is 0 Å². The lowest BCUT2D eigenvalue weighted by atomic mass is 9.89. The quantitative estimate of drug-likeness (QED) is 0.908. The molecule has 1 amide bonds. The Bertz CT molecular complexity index is 722. The van der Waals surface area contributed by atoms with E-state index in [0.717, 1.165) is 24.2 Å². The highest BCUT2D eigenvalue weighted by Gasteiger charge is 2.34. The monoisotopic (exact) mass is 323 g/mol. The van der Waals surface area contributed by atoms with E-state index in [1.807, 2.05) is 18.2 Å². The van der Waals surface area contributed by atoms with Crippen molar-refractivity contribution in [1.29, 1.82) is 0 Å². The maximum atomic E-state index is 12.4. The SMILES string of the molecule is Cc1ccc2c(c1)OC(C)(C)CC2NC(=O)CCc1ccccc1. The lowest BCUT2D eigenvalue weighted by Gasteiger charge is -2.38. The van der Waals surface area contributed by atoms with Crippen LogP contribution < -0.4 is 10.1 Å². The molecule has 0 aliphatic carbocycles. The second kappa shape index (κ2) is 6.68. The third-order valence-electron chi connectivity index (χ3n) is 4.45. The highest BCUT2D eigenvalue weighted by Crippen LogP contribution is 2.39. The highest BCUT2D eigenvalue weighted by molar-refractivity contribution is 5.77. The Kier molecular flexibility index (Phi) is 4.61. The Balaban J connectivity index is 1.69. The molecule has 1 aliphatic rings. The van der Waals surface area contributed by atoms with Crippen molar-refractivity contribution in [3.05, 3.63) is 65.2 Å². The molecule has 2 aromatic carbocycles. The van der Waals surface area contributed by atoms with Crippen molar-refractivity contribution in [2.45, 2.75) is 51.7 Å². The van der Waals surface area contributed by atoms with Crippen LogP contribution in [0.15, 0.2) is 48.5 Å². The largest absolute Gasteiger partial charge is 0.487 e. The van der Waals surface area contributed by atoms with Crippen molar-refractivity contribution in [3.63, 3.8) is 0 Å². The molecule has 0 fully saturated rings. The van der Waals surface area contributed by atoms with Crippen LogP contribution in [0, 0.1) is 6.92 Å². The molecule has 1 atom stereocenters. The summed E-state index contributed by atoms with van der Waals surface area (Å²) in [5.41, 5.74) is 3.16. The summed E-state index contributed by atoms with van der Waals surface area (Å²) in [4.78, 5) is 12.4. The van der Waals surface area contributed by atoms with E-state index >= 15 is 0 Å². The van der Waals surface area contributed by atoms with Crippen LogP contribution >= 0.6 is 0 Å². The van der Waals surface area contributed by atoms with Gasteiger partial charge in [-0.2, -0.15) is 0 Å². The number of amides is 1. The van der Waals surface area contributed by atoms with Gasteiger partial charge in [0.25, 0.3) is 0 Å². The van der Waals surface area contributed by atoms with E-state index in [0.29, 0.717) is 6.42 Å². The van der Waals surface area contributed by atoms with Gasteiger partial charge in [-0.3, -0.25) is 4.79 Å². The molecule has 3 heteroatoms. The summed E-state index contributed by atoms with van der Waals surface area (Å²) in [6.45, 7) is 6.20. The predicted molar refractivity (Wildman–Crippen MR) is 96.1 cm³/mol. The minimum absolute atomic E-state index is 0.00706. The number of benzene rings is 2. The Hall–Kier alpha value is -2.29. The molecule has 3 nitrogen and oxygen atoms in total. The molecule has 0 aromatic heterocycles. The maximum Gasteiger partial charge on any atom is 0.220 e. The lowest BCUT2D eigenvalue weighted by Crippen LogP contribution is -2.41. The Morgan fingerprint density at radius 2 is 1.96 bits per heavy atom. The van der Waals surface area contributed by atoms with Crippen LogP contribution in [0.3, 0.4) is 0 Å². The zero-order valence-corrected chi connectivity index (χ0v) is 14.6. The Labute approximate surface area is 144 Å². The van der Waals surface area contributed by atoms with Gasteiger partial charge in [-0.15, -0.1) is 0 Å². The average Bonchev–Trinajstić information content (AvgIpc) is 2.52. The van der Waals surface area contributed by atoms with E-state index in [9.17, 15) is 4.79 Å². The summed E-state index contributed by atoms with van der Waals surface area (Å²) >= 11 is 0. The van der Waals surface area contributed by atoms with Crippen LogP contribution in [0.4, 0.5) is 0 Å². The molecular formula is C21H25NO2.